The molecule has 1 nitrogen and oxygen atoms in total. The highest BCUT2D eigenvalue weighted by molar-refractivity contribution is 5.86. The molecule has 0 fully saturated rings. The third kappa shape index (κ3) is 5.30. The summed E-state index contributed by atoms with van der Waals surface area (Å²) >= 11 is 0. The lowest BCUT2D eigenvalue weighted by atomic mass is 9.95. The minimum absolute atomic E-state index is 0.247. The van der Waals surface area contributed by atoms with Crippen molar-refractivity contribution in [1.82, 2.24) is 4.90 Å². The molecule has 2 atom stereocenters. The summed E-state index contributed by atoms with van der Waals surface area (Å²) in [7, 11) is 2.21. The normalized spacial score (nSPS) is 13.4. The van der Waals surface area contributed by atoms with Crippen LogP contribution in [0.15, 0.2) is 84.9 Å². The van der Waals surface area contributed by atoms with Gasteiger partial charge in [-0.25, -0.2) is 0 Å². The third-order valence-corrected chi connectivity index (χ3v) is 4.85. The molecule has 0 radical (unpaired) electrons. The summed E-state index contributed by atoms with van der Waals surface area (Å²) in [5, 5.41) is 2.63. The Morgan fingerprint density at radius 3 is 2.11 bits per heavy atom. The number of likely N-dealkylation sites (N-methyl/N-ethyl adjacent to an activating group) is 1. The van der Waals surface area contributed by atoms with Crippen LogP contribution in [0.3, 0.4) is 0 Å². The molecule has 0 saturated heterocycles. The Hall–Kier alpha value is -2.38. The SMILES string of the molecule is C/C=C/C(c1cccc2ccccc12)N(C)C(C)c1ccccc1.CCC. The zero-order valence-corrected chi connectivity index (χ0v) is 17.4. The number of nitrogens with zero attached hydrogens (tertiary/aromatic N) is 1. The molecule has 0 heterocycles. The first-order valence-corrected chi connectivity index (χ1v) is 10.0. The fourth-order valence-electron chi connectivity index (χ4n) is 3.36. The Balaban J connectivity index is 0.000000817. The van der Waals surface area contributed by atoms with Crippen LogP contribution in [-0.2, 0) is 0 Å². The first kappa shape index (κ1) is 20.9. The molecule has 0 aliphatic rings. The second-order valence-corrected chi connectivity index (χ2v) is 7.00. The second-order valence-electron chi connectivity index (χ2n) is 7.00. The Morgan fingerprint density at radius 2 is 1.44 bits per heavy atom. The van der Waals surface area contributed by atoms with Gasteiger partial charge in [0, 0.05) is 6.04 Å². The van der Waals surface area contributed by atoms with Gasteiger partial charge in [-0.15, -0.1) is 0 Å². The van der Waals surface area contributed by atoms with Gasteiger partial charge in [-0.1, -0.05) is 105 Å². The molecule has 0 N–H and O–H groups in total. The Morgan fingerprint density at radius 1 is 0.852 bits per heavy atom. The monoisotopic (exact) mass is 359 g/mol. The topological polar surface area (TPSA) is 3.24 Å². The van der Waals surface area contributed by atoms with Crippen molar-refractivity contribution in [2.24, 2.45) is 0 Å². The maximum atomic E-state index is 2.44. The fourth-order valence-corrected chi connectivity index (χ4v) is 3.36. The van der Waals surface area contributed by atoms with Gasteiger partial charge in [-0.2, -0.15) is 0 Å². The highest BCUT2D eigenvalue weighted by atomic mass is 15.2. The maximum absolute atomic E-state index is 2.44. The molecule has 3 aromatic rings. The first-order valence-electron chi connectivity index (χ1n) is 10.0. The number of hydrogen-bond acceptors (Lipinski definition) is 1. The summed E-state index contributed by atoms with van der Waals surface area (Å²) in [4.78, 5) is 2.44. The summed E-state index contributed by atoms with van der Waals surface area (Å²) in [5.41, 5.74) is 2.70. The fraction of sp³-hybridized carbons (Fsp3) is 0.308. The van der Waals surface area contributed by atoms with Gasteiger partial charge in [0.15, 0.2) is 0 Å². The number of allylic oxidation sites excluding steroid dienone is 1. The molecular weight excluding hydrogens is 326 g/mol. The third-order valence-electron chi connectivity index (χ3n) is 4.85. The van der Waals surface area contributed by atoms with Crippen LogP contribution >= 0.6 is 0 Å². The molecule has 0 aromatic heterocycles. The van der Waals surface area contributed by atoms with E-state index in [0.717, 1.165) is 0 Å². The molecule has 0 aliphatic carbocycles. The predicted molar refractivity (Wildman–Crippen MR) is 120 cm³/mol. The number of hydrogen-bond donors (Lipinski definition) is 0. The van der Waals surface area contributed by atoms with E-state index in [-0.39, 0.29) is 6.04 Å². The predicted octanol–water partition coefficient (Wildman–Crippen LogP) is 7.57. The van der Waals surface area contributed by atoms with Crippen LogP contribution < -0.4 is 0 Å². The van der Waals surface area contributed by atoms with E-state index in [1.807, 2.05) is 0 Å². The van der Waals surface area contributed by atoms with E-state index in [0.29, 0.717) is 6.04 Å². The molecule has 3 rings (SSSR count). The van der Waals surface area contributed by atoms with Crippen molar-refractivity contribution in [2.45, 2.75) is 46.2 Å². The molecule has 0 bridgehead atoms. The molecule has 0 saturated carbocycles. The summed E-state index contributed by atoms with van der Waals surface area (Å²) in [6.45, 7) is 8.62. The van der Waals surface area contributed by atoms with Crippen LogP contribution in [0.4, 0.5) is 0 Å². The summed E-state index contributed by atoms with van der Waals surface area (Å²) < 4.78 is 0. The smallest absolute Gasteiger partial charge is 0.0540 e. The molecule has 142 valence electrons. The van der Waals surface area contributed by atoms with Crippen molar-refractivity contribution < 1.29 is 0 Å². The Kier molecular flexibility index (Phi) is 8.29. The van der Waals surface area contributed by atoms with Crippen LogP contribution in [0, 0.1) is 0 Å². The van der Waals surface area contributed by atoms with Gasteiger partial charge >= 0.3 is 0 Å². The quantitative estimate of drug-likeness (QED) is 0.425. The van der Waals surface area contributed by atoms with Crippen LogP contribution in [0.5, 0.6) is 0 Å². The second kappa shape index (κ2) is 10.7. The van der Waals surface area contributed by atoms with Crippen molar-refractivity contribution in [3.63, 3.8) is 0 Å². The lowest BCUT2D eigenvalue weighted by Crippen LogP contribution is -2.26. The van der Waals surface area contributed by atoms with E-state index in [4.69, 9.17) is 0 Å². The van der Waals surface area contributed by atoms with E-state index in [1.54, 1.807) is 0 Å². The molecule has 3 aromatic carbocycles. The van der Waals surface area contributed by atoms with Crippen LogP contribution in [0.1, 0.15) is 57.3 Å². The van der Waals surface area contributed by atoms with Gasteiger partial charge in [0.25, 0.3) is 0 Å². The van der Waals surface area contributed by atoms with Gasteiger partial charge in [0.05, 0.1) is 6.04 Å². The number of benzene rings is 3. The number of rotatable bonds is 5. The summed E-state index contributed by atoms with van der Waals surface area (Å²) in [5.74, 6) is 0. The minimum Gasteiger partial charge on any atom is -0.289 e. The van der Waals surface area contributed by atoms with Gasteiger partial charge in [0.2, 0.25) is 0 Å². The zero-order chi connectivity index (χ0) is 19.6. The van der Waals surface area contributed by atoms with Gasteiger partial charge in [0.1, 0.15) is 0 Å². The van der Waals surface area contributed by atoms with Crippen molar-refractivity contribution >= 4 is 10.8 Å². The average Bonchev–Trinajstić information content (AvgIpc) is 2.72. The lowest BCUT2D eigenvalue weighted by Gasteiger charge is -2.32. The van der Waals surface area contributed by atoms with Crippen molar-refractivity contribution in [3.8, 4) is 0 Å². The molecule has 0 spiro atoms. The minimum atomic E-state index is 0.247. The zero-order valence-electron chi connectivity index (χ0n) is 17.4. The summed E-state index contributed by atoms with van der Waals surface area (Å²) in [6.07, 6.45) is 5.70. The van der Waals surface area contributed by atoms with E-state index in [9.17, 15) is 0 Å². The van der Waals surface area contributed by atoms with Gasteiger partial charge < -0.3 is 0 Å². The molecule has 0 aliphatic heterocycles. The standard InChI is InChI=1S/C23H25N.C3H8/c1-4-11-23(24(3)18(2)19-12-6-5-7-13-19)22-17-10-15-20-14-8-9-16-21(20)22;1-3-2/h4-18,23H,1-3H3;3H2,1-2H3/b11-4+;. The highest BCUT2D eigenvalue weighted by Gasteiger charge is 2.21. The van der Waals surface area contributed by atoms with E-state index in [1.165, 1.54) is 28.3 Å². The maximum Gasteiger partial charge on any atom is 0.0540 e. The molecule has 1 heteroatoms. The van der Waals surface area contributed by atoms with E-state index >= 15 is 0 Å². The van der Waals surface area contributed by atoms with E-state index in [2.05, 4.69) is 125 Å². The molecule has 0 amide bonds. The van der Waals surface area contributed by atoms with Crippen LogP contribution in [0.2, 0.25) is 0 Å². The average molecular weight is 360 g/mol. The Labute approximate surface area is 165 Å². The highest BCUT2D eigenvalue weighted by Crippen LogP contribution is 2.33. The van der Waals surface area contributed by atoms with Crippen LogP contribution in [0.25, 0.3) is 10.8 Å². The van der Waals surface area contributed by atoms with Gasteiger partial charge in [-0.05, 0) is 42.8 Å². The van der Waals surface area contributed by atoms with Crippen molar-refractivity contribution in [3.05, 3.63) is 96.1 Å². The molecule has 2 unspecified atom stereocenters. The van der Waals surface area contributed by atoms with Crippen molar-refractivity contribution in [1.29, 1.82) is 0 Å². The lowest BCUT2D eigenvalue weighted by molar-refractivity contribution is 0.220. The first-order chi connectivity index (χ1) is 13.1. The molecular formula is C26H33N. The summed E-state index contributed by atoms with van der Waals surface area (Å²) in [6, 6.07) is 26.5. The largest absolute Gasteiger partial charge is 0.289 e. The van der Waals surface area contributed by atoms with Crippen LogP contribution in [-0.4, -0.2) is 11.9 Å². The van der Waals surface area contributed by atoms with Crippen molar-refractivity contribution in [2.75, 3.05) is 7.05 Å². The number of fused-ring (bicyclic) bond motifs is 1. The Bertz CT molecular complexity index is 830. The van der Waals surface area contributed by atoms with E-state index < -0.39 is 0 Å². The van der Waals surface area contributed by atoms with Gasteiger partial charge in [-0.3, -0.25) is 4.90 Å². The molecule has 27 heavy (non-hydrogen) atoms.